The van der Waals surface area contributed by atoms with Crippen LogP contribution in [0.4, 0.5) is 5.69 Å². The van der Waals surface area contributed by atoms with Crippen molar-refractivity contribution in [2.24, 2.45) is 4.99 Å². The fourth-order valence-electron chi connectivity index (χ4n) is 5.67. The minimum Gasteiger partial charge on any atom is -0.497 e. The molecule has 1 aliphatic heterocycles. The van der Waals surface area contributed by atoms with Crippen molar-refractivity contribution in [1.29, 1.82) is 0 Å². The monoisotopic (exact) mass is 780 g/mol. The van der Waals surface area contributed by atoms with Gasteiger partial charge in [0.25, 0.3) is 11.2 Å². The number of carbonyl (C=O) groups excluding carboxylic acids is 1. The molecule has 0 amide bonds. The molecule has 5 aromatic rings. The van der Waals surface area contributed by atoms with Crippen LogP contribution in [0.15, 0.2) is 85.7 Å². The van der Waals surface area contributed by atoms with Crippen LogP contribution < -0.4 is 24.4 Å². The quantitative estimate of drug-likeness (QED) is 0.0814. The Balaban J connectivity index is 1.44. The largest absolute Gasteiger partial charge is 0.497 e. The lowest BCUT2D eigenvalue weighted by molar-refractivity contribution is -0.387. The molecule has 1 aliphatic rings. The van der Waals surface area contributed by atoms with Crippen LogP contribution in [0, 0.1) is 10.1 Å². The number of H-pyrrole nitrogens is 1. The van der Waals surface area contributed by atoms with Gasteiger partial charge in [0.2, 0.25) is 5.16 Å². The van der Waals surface area contributed by atoms with Gasteiger partial charge in [-0.3, -0.25) is 24.6 Å². The molecule has 0 saturated heterocycles. The molecule has 0 radical (unpaired) electrons. The van der Waals surface area contributed by atoms with Gasteiger partial charge in [0.1, 0.15) is 17.5 Å². The van der Waals surface area contributed by atoms with Crippen molar-refractivity contribution in [2.75, 3.05) is 20.8 Å². The second-order valence-corrected chi connectivity index (χ2v) is 14.1. The Morgan fingerprint density at radius 3 is 2.62 bits per heavy atom. The van der Waals surface area contributed by atoms with Crippen molar-refractivity contribution in [3.05, 3.63) is 117 Å². The highest BCUT2D eigenvalue weighted by Crippen LogP contribution is 2.39. The first kappa shape index (κ1) is 36.8. The lowest BCUT2D eigenvalue weighted by Crippen LogP contribution is -2.40. The summed E-state index contributed by atoms with van der Waals surface area (Å²) in [5, 5.41) is 20.3. The summed E-state index contributed by atoms with van der Waals surface area (Å²) in [6, 6.07) is 13.7. The molecule has 3 heterocycles. The Morgan fingerprint density at radius 2 is 1.92 bits per heavy atom. The average molecular weight is 782 g/mol. The number of rotatable bonds is 12. The van der Waals surface area contributed by atoms with Crippen LogP contribution in [0.1, 0.15) is 43.9 Å². The summed E-state index contributed by atoms with van der Waals surface area (Å²) in [6.07, 6.45) is 2.69. The number of nitro benzene ring substituents is 1. The number of hydrogen-bond acceptors (Lipinski definition) is 12. The van der Waals surface area contributed by atoms with Crippen molar-refractivity contribution in [2.45, 2.75) is 42.8 Å². The maximum Gasteiger partial charge on any atom is 0.338 e. The van der Waals surface area contributed by atoms with Gasteiger partial charge in [-0.1, -0.05) is 53.9 Å². The predicted molar refractivity (Wildman–Crippen MR) is 198 cm³/mol. The minimum absolute atomic E-state index is 0.120. The van der Waals surface area contributed by atoms with E-state index in [0.717, 1.165) is 23.1 Å². The van der Waals surface area contributed by atoms with E-state index in [1.165, 1.54) is 24.9 Å². The maximum absolute atomic E-state index is 14.3. The molecule has 6 rings (SSSR count). The molecule has 0 spiro atoms. The van der Waals surface area contributed by atoms with Gasteiger partial charge in [0.05, 0.1) is 51.5 Å². The lowest BCUT2D eigenvalue weighted by Gasteiger charge is -2.27. The standard InChI is InChI=1S/C35H30Cl2N6O7S2/c1-5-7-24-29(33(45)50-6-2)30(22-17-20(48-3)10-12-26(22)49-4)42-32(44)28(52-35(42)38-24)15-18-8-13-27(25(14-18)43(46)47)51-34-39-31(40-41-34)21-11-9-19(36)16-23(21)37/h8-17,30H,5-7H2,1-4H3,(H,39,40,41)/b28-15-/t30-/m0/s1. The van der Waals surface area contributed by atoms with E-state index in [1.54, 1.807) is 61.5 Å². The molecule has 0 aliphatic carbocycles. The van der Waals surface area contributed by atoms with Crippen molar-refractivity contribution in [3.8, 4) is 22.9 Å². The number of methoxy groups -OCH3 is 2. The number of allylic oxidation sites excluding steroid dienone is 1. The molecule has 0 unspecified atom stereocenters. The number of esters is 1. The zero-order valence-electron chi connectivity index (χ0n) is 28.1. The highest BCUT2D eigenvalue weighted by atomic mass is 35.5. The van der Waals surface area contributed by atoms with Crippen LogP contribution >= 0.6 is 46.3 Å². The molecule has 3 aromatic carbocycles. The SMILES string of the molecule is CCCC1=C(C(=O)OCC)[C@H](c2cc(OC)ccc2OC)n2c(s/c(=C\c3ccc(Sc4n[nH]c(-c5ccc(Cl)cc5Cl)n4)c([N+](=O)[O-])c3)c2=O)=N1. The first-order valence-corrected chi connectivity index (χ1v) is 18.2. The zero-order chi connectivity index (χ0) is 37.1. The molecule has 13 nitrogen and oxygen atoms in total. The minimum atomic E-state index is -0.953. The summed E-state index contributed by atoms with van der Waals surface area (Å²) in [5.41, 5.74) is 1.53. The molecule has 268 valence electrons. The molecule has 2 aromatic heterocycles. The zero-order valence-corrected chi connectivity index (χ0v) is 31.3. The highest BCUT2D eigenvalue weighted by Gasteiger charge is 2.36. The molecule has 1 atom stereocenters. The molecule has 0 bridgehead atoms. The van der Waals surface area contributed by atoms with E-state index in [1.807, 2.05) is 6.92 Å². The summed E-state index contributed by atoms with van der Waals surface area (Å²) < 4.78 is 18.4. The van der Waals surface area contributed by atoms with Crippen LogP contribution in [-0.2, 0) is 9.53 Å². The summed E-state index contributed by atoms with van der Waals surface area (Å²) in [7, 11) is 3.02. The summed E-state index contributed by atoms with van der Waals surface area (Å²) in [6.45, 7) is 3.79. The Kier molecular flexibility index (Phi) is 11.1. The number of thiazole rings is 1. The smallest absolute Gasteiger partial charge is 0.338 e. The highest BCUT2D eigenvalue weighted by molar-refractivity contribution is 7.99. The summed E-state index contributed by atoms with van der Waals surface area (Å²) >= 11 is 14.4. The number of ether oxygens (including phenoxy) is 3. The fourth-order valence-corrected chi connectivity index (χ4v) is 7.98. The number of nitrogens with zero attached hydrogens (tertiary/aromatic N) is 5. The van der Waals surface area contributed by atoms with Gasteiger partial charge in [-0.2, -0.15) is 0 Å². The van der Waals surface area contributed by atoms with Gasteiger partial charge < -0.3 is 14.2 Å². The van der Waals surface area contributed by atoms with E-state index < -0.39 is 22.5 Å². The van der Waals surface area contributed by atoms with Gasteiger partial charge >= 0.3 is 5.97 Å². The molecule has 0 fully saturated rings. The van der Waals surface area contributed by atoms with E-state index >= 15 is 0 Å². The van der Waals surface area contributed by atoms with Gasteiger partial charge in [-0.05, 0) is 79.2 Å². The first-order valence-electron chi connectivity index (χ1n) is 15.8. The predicted octanol–water partition coefficient (Wildman–Crippen LogP) is 6.75. The lowest BCUT2D eigenvalue weighted by atomic mass is 9.93. The molecule has 1 N–H and O–H groups in total. The van der Waals surface area contributed by atoms with E-state index in [2.05, 4.69) is 15.2 Å². The first-order chi connectivity index (χ1) is 25.1. The normalized spacial score (nSPS) is 14.2. The second kappa shape index (κ2) is 15.7. The van der Waals surface area contributed by atoms with Crippen molar-refractivity contribution in [1.82, 2.24) is 19.7 Å². The molecular weight excluding hydrogens is 751 g/mol. The number of nitro groups is 1. The van der Waals surface area contributed by atoms with E-state index in [9.17, 15) is 19.7 Å². The van der Waals surface area contributed by atoms with Gasteiger partial charge in [-0.25, -0.2) is 14.8 Å². The number of benzene rings is 3. The van der Waals surface area contributed by atoms with Crippen LogP contribution in [0.3, 0.4) is 0 Å². The third-order valence-corrected chi connectivity index (χ3v) is 10.4. The number of nitrogens with one attached hydrogen (secondary N) is 1. The van der Waals surface area contributed by atoms with Crippen molar-refractivity contribution in [3.63, 3.8) is 0 Å². The van der Waals surface area contributed by atoms with Gasteiger partial charge in [0.15, 0.2) is 10.6 Å². The summed E-state index contributed by atoms with van der Waals surface area (Å²) in [5.74, 6) is 0.697. The van der Waals surface area contributed by atoms with Crippen molar-refractivity contribution >= 4 is 64.0 Å². The van der Waals surface area contributed by atoms with Crippen LogP contribution in [0.25, 0.3) is 17.5 Å². The molecule has 52 heavy (non-hydrogen) atoms. The molecular formula is C35H30Cl2N6O7S2. The van der Waals surface area contributed by atoms with E-state index in [4.69, 9.17) is 42.4 Å². The van der Waals surface area contributed by atoms with E-state index in [0.29, 0.717) is 67.4 Å². The Labute approximate surface area is 314 Å². The number of aromatic amines is 1. The van der Waals surface area contributed by atoms with E-state index in [-0.39, 0.29) is 32.5 Å². The summed E-state index contributed by atoms with van der Waals surface area (Å²) in [4.78, 5) is 49.5. The Hall–Kier alpha value is -4.96. The fraction of sp³-hybridized carbons (Fsp3) is 0.229. The number of carbonyl (C=O) groups is 1. The topological polar surface area (TPSA) is 164 Å². The maximum atomic E-state index is 14.3. The Morgan fingerprint density at radius 1 is 1.12 bits per heavy atom. The van der Waals surface area contributed by atoms with Gasteiger partial charge in [0, 0.05) is 22.2 Å². The average Bonchev–Trinajstić information content (AvgIpc) is 3.71. The third-order valence-electron chi connectivity index (χ3n) is 7.95. The molecule has 0 saturated carbocycles. The number of halogens is 2. The third kappa shape index (κ3) is 7.35. The van der Waals surface area contributed by atoms with Crippen LogP contribution in [0.2, 0.25) is 10.0 Å². The van der Waals surface area contributed by atoms with Crippen molar-refractivity contribution < 1.29 is 23.9 Å². The van der Waals surface area contributed by atoms with Crippen LogP contribution in [-0.4, -0.2) is 51.5 Å². The second-order valence-electron chi connectivity index (χ2n) is 11.2. The Bertz CT molecular complexity index is 2420. The van der Waals surface area contributed by atoms with Gasteiger partial charge in [-0.15, -0.1) is 5.10 Å². The number of fused-ring (bicyclic) bond motifs is 1. The van der Waals surface area contributed by atoms with Crippen LogP contribution in [0.5, 0.6) is 11.5 Å². The molecule has 17 heteroatoms. The number of hydrogen-bond donors (Lipinski definition) is 1. The number of aromatic nitrogens is 4.